The predicted octanol–water partition coefficient (Wildman–Crippen LogP) is 3.30. The number of furan rings is 1. The molecule has 0 fully saturated rings. The van der Waals surface area contributed by atoms with Crippen molar-refractivity contribution in [2.45, 2.75) is 13.8 Å². The van der Waals surface area contributed by atoms with Crippen LogP contribution in [0.5, 0.6) is 0 Å². The van der Waals surface area contributed by atoms with Crippen molar-refractivity contribution in [1.29, 1.82) is 0 Å². The highest BCUT2D eigenvalue weighted by Crippen LogP contribution is 2.25. The molecule has 0 saturated heterocycles. The Balaban J connectivity index is 2.19. The van der Waals surface area contributed by atoms with E-state index in [0.717, 1.165) is 0 Å². The van der Waals surface area contributed by atoms with Gasteiger partial charge in [0.25, 0.3) is 11.6 Å². The molecule has 22 heavy (non-hydrogen) atoms. The molecule has 0 spiro atoms. The summed E-state index contributed by atoms with van der Waals surface area (Å²) < 4.78 is 5.03. The van der Waals surface area contributed by atoms with Crippen LogP contribution in [0.25, 0.3) is 0 Å². The van der Waals surface area contributed by atoms with Gasteiger partial charge in [0, 0.05) is 11.6 Å². The van der Waals surface area contributed by atoms with Crippen molar-refractivity contribution in [2.24, 2.45) is 5.10 Å². The van der Waals surface area contributed by atoms with Gasteiger partial charge in [0.15, 0.2) is 0 Å². The number of nitrogens with zero attached hydrogens (tertiary/aromatic N) is 2. The fourth-order valence-electron chi connectivity index (χ4n) is 1.76. The maximum absolute atomic E-state index is 11.9. The van der Waals surface area contributed by atoms with E-state index >= 15 is 0 Å². The van der Waals surface area contributed by atoms with Gasteiger partial charge in [-0.15, -0.1) is 0 Å². The zero-order valence-electron chi connectivity index (χ0n) is 11.8. The molecule has 7 nitrogen and oxygen atoms in total. The van der Waals surface area contributed by atoms with E-state index in [2.05, 4.69) is 10.5 Å². The molecular formula is C14H12ClN3O4. The van der Waals surface area contributed by atoms with E-state index in [1.165, 1.54) is 24.5 Å². The van der Waals surface area contributed by atoms with Crippen molar-refractivity contribution in [3.8, 4) is 0 Å². The van der Waals surface area contributed by atoms with Gasteiger partial charge in [0.05, 0.1) is 22.5 Å². The van der Waals surface area contributed by atoms with Gasteiger partial charge in [0.2, 0.25) is 0 Å². The molecule has 0 bridgehead atoms. The second-order valence-electron chi connectivity index (χ2n) is 4.45. The van der Waals surface area contributed by atoms with Crippen LogP contribution >= 0.6 is 11.6 Å². The molecule has 0 aliphatic heterocycles. The fraction of sp³-hybridized carbons (Fsp3) is 0.143. The summed E-state index contributed by atoms with van der Waals surface area (Å²) in [5.41, 5.74) is 3.43. The lowest BCUT2D eigenvalue weighted by molar-refractivity contribution is -0.384. The second-order valence-corrected chi connectivity index (χ2v) is 4.86. The summed E-state index contributed by atoms with van der Waals surface area (Å²) in [5, 5.41) is 14.8. The van der Waals surface area contributed by atoms with Crippen LogP contribution in [-0.2, 0) is 0 Å². The van der Waals surface area contributed by atoms with Gasteiger partial charge < -0.3 is 4.42 Å². The lowest BCUT2D eigenvalue weighted by Crippen LogP contribution is -2.19. The zero-order valence-corrected chi connectivity index (χ0v) is 12.5. The third-order valence-electron chi connectivity index (χ3n) is 2.99. The van der Waals surface area contributed by atoms with Crippen molar-refractivity contribution in [1.82, 2.24) is 5.43 Å². The zero-order chi connectivity index (χ0) is 16.3. The van der Waals surface area contributed by atoms with Crippen molar-refractivity contribution in [3.05, 3.63) is 62.6 Å². The molecule has 1 aromatic carbocycles. The Morgan fingerprint density at radius 2 is 2.14 bits per heavy atom. The third-order valence-corrected chi connectivity index (χ3v) is 3.31. The van der Waals surface area contributed by atoms with Gasteiger partial charge in [-0.1, -0.05) is 17.7 Å². The molecule has 114 valence electrons. The number of carbonyl (C=O) groups is 1. The van der Waals surface area contributed by atoms with Gasteiger partial charge in [-0.2, -0.15) is 5.10 Å². The largest absolute Gasteiger partial charge is 0.469 e. The summed E-state index contributed by atoms with van der Waals surface area (Å²) in [4.78, 5) is 22.2. The minimum atomic E-state index is -0.577. The number of hydrogen-bond acceptors (Lipinski definition) is 5. The van der Waals surface area contributed by atoms with Crippen LogP contribution in [0.2, 0.25) is 5.02 Å². The molecule has 1 heterocycles. The quantitative estimate of drug-likeness (QED) is 0.530. The highest BCUT2D eigenvalue weighted by atomic mass is 35.5. The molecule has 0 aliphatic rings. The van der Waals surface area contributed by atoms with Crippen molar-refractivity contribution in [3.63, 3.8) is 0 Å². The number of benzene rings is 1. The minimum Gasteiger partial charge on any atom is -0.469 e. The van der Waals surface area contributed by atoms with Crippen LogP contribution < -0.4 is 5.43 Å². The maximum Gasteiger partial charge on any atom is 0.288 e. The van der Waals surface area contributed by atoms with E-state index in [-0.39, 0.29) is 10.7 Å². The summed E-state index contributed by atoms with van der Waals surface area (Å²) in [6.45, 7) is 3.28. The average Bonchev–Trinajstić information content (AvgIpc) is 2.90. The van der Waals surface area contributed by atoms with Crippen molar-refractivity contribution in [2.75, 3.05) is 0 Å². The van der Waals surface area contributed by atoms with Gasteiger partial charge in [-0.05, 0) is 26.0 Å². The molecule has 2 rings (SSSR count). The molecule has 0 unspecified atom stereocenters. The number of carbonyl (C=O) groups excluding carboxylic acids is 1. The summed E-state index contributed by atoms with van der Waals surface area (Å²) in [6.07, 6.45) is 1.41. The molecule has 1 N–H and O–H groups in total. The second kappa shape index (κ2) is 6.40. The van der Waals surface area contributed by atoms with Crippen LogP contribution in [0.15, 0.2) is 40.0 Å². The van der Waals surface area contributed by atoms with Crippen LogP contribution in [0, 0.1) is 17.0 Å². The number of amides is 1. The fourth-order valence-corrected chi connectivity index (χ4v) is 1.94. The molecule has 0 aliphatic carbocycles. The Kier molecular flexibility index (Phi) is 4.57. The number of hydrogen-bond donors (Lipinski definition) is 1. The number of nitrogens with one attached hydrogen (secondary N) is 1. The monoisotopic (exact) mass is 321 g/mol. The maximum atomic E-state index is 11.9. The number of halogens is 1. The lowest BCUT2D eigenvalue weighted by atomic mass is 10.1. The standard InChI is InChI=1S/C14H12ClN3O4/c1-8(10-3-4-12(15)13(7-10)18(20)21)16-17-14(19)11-5-6-22-9(11)2/h3-7H,1-2H3,(H,17,19)/b16-8+. The summed E-state index contributed by atoms with van der Waals surface area (Å²) in [6, 6.07) is 5.83. The summed E-state index contributed by atoms with van der Waals surface area (Å²) >= 11 is 5.75. The van der Waals surface area contributed by atoms with Gasteiger partial charge >= 0.3 is 0 Å². The van der Waals surface area contributed by atoms with Crippen LogP contribution in [0.1, 0.15) is 28.6 Å². The number of aryl methyl sites for hydroxylation is 1. The van der Waals surface area contributed by atoms with E-state index in [1.807, 2.05) is 0 Å². The van der Waals surface area contributed by atoms with Crippen molar-refractivity contribution < 1.29 is 14.1 Å². The average molecular weight is 322 g/mol. The first kappa shape index (κ1) is 15.7. The first-order valence-corrected chi connectivity index (χ1v) is 6.61. The first-order chi connectivity index (χ1) is 10.4. The summed E-state index contributed by atoms with van der Waals surface area (Å²) in [7, 11) is 0. The smallest absolute Gasteiger partial charge is 0.288 e. The van der Waals surface area contributed by atoms with Crippen LogP contribution in [-0.4, -0.2) is 16.5 Å². The van der Waals surface area contributed by atoms with E-state index in [4.69, 9.17) is 16.0 Å². The minimum absolute atomic E-state index is 0.0413. The Hall–Kier alpha value is -2.67. The van der Waals surface area contributed by atoms with E-state index in [1.54, 1.807) is 19.9 Å². The molecule has 0 radical (unpaired) electrons. The highest BCUT2D eigenvalue weighted by molar-refractivity contribution is 6.32. The molecule has 8 heteroatoms. The molecular weight excluding hydrogens is 310 g/mol. The molecule has 1 aromatic heterocycles. The summed E-state index contributed by atoms with van der Waals surface area (Å²) in [5.74, 6) is 0.0570. The third kappa shape index (κ3) is 3.32. The first-order valence-electron chi connectivity index (χ1n) is 6.23. The van der Waals surface area contributed by atoms with E-state index < -0.39 is 10.8 Å². The lowest BCUT2D eigenvalue weighted by Gasteiger charge is -2.03. The Morgan fingerprint density at radius 1 is 1.41 bits per heavy atom. The molecule has 1 amide bonds. The van der Waals surface area contributed by atoms with Crippen LogP contribution in [0.4, 0.5) is 5.69 Å². The topological polar surface area (TPSA) is 97.7 Å². The number of hydrazone groups is 1. The molecule has 0 saturated carbocycles. The molecule has 0 atom stereocenters. The number of rotatable bonds is 4. The SMILES string of the molecule is C/C(=N\NC(=O)c1ccoc1C)c1ccc(Cl)c([N+](=O)[O-])c1. The van der Waals surface area contributed by atoms with Gasteiger partial charge in [-0.3, -0.25) is 14.9 Å². The predicted molar refractivity (Wildman–Crippen MR) is 81.2 cm³/mol. The Labute approximate surface area is 130 Å². The van der Waals surface area contributed by atoms with E-state index in [9.17, 15) is 14.9 Å². The van der Waals surface area contributed by atoms with Crippen LogP contribution in [0.3, 0.4) is 0 Å². The highest BCUT2D eigenvalue weighted by Gasteiger charge is 2.14. The van der Waals surface area contributed by atoms with Gasteiger partial charge in [0.1, 0.15) is 10.8 Å². The normalized spacial score (nSPS) is 11.3. The van der Waals surface area contributed by atoms with E-state index in [0.29, 0.717) is 22.6 Å². The Morgan fingerprint density at radius 3 is 2.73 bits per heavy atom. The number of nitro groups is 1. The van der Waals surface area contributed by atoms with Crippen molar-refractivity contribution >= 4 is 28.9 Å². The molecule has 2 aromatic rings. The number of nitro benzene ring substituents is 1. The van der Waals surface area contributed by atoms with Gasteiger partial charge in [-0.25, -0.2) is 5.43 Å². The Bertz CT molecular complexity index is 767.